The van der Waals surface area contributed by atoms with Gasteiger partial charge in [-0.1, -0.05) is 26.7 Å². The second-order valence-corrected chi connectivity index (χ2v) is 3.56. The van der Waals surface area contributed by atoms with Crippen LogP contribution in [0.5, 0.6) is 0 Å². The van der Waals surface area contributed by atoms with Crippen molar-refractivity contribution in [3.8, 4) is 0 Å². The molecule has 65 valence electrons. The quantitative estimate of drug-likeness (QED) is 0.555. The molecular weight excluding hydrogens is 136 g/mol. The Hall–Kier alpha value is -0.0400. The molecule has 0 aromatic rings. The van der Waals surface area contributed by atoms with Crippen LogP contribution in [0.4, 0.5) is 0 Å². The van der Waals surface area contributed by atoms with Gasteiger partial charge in [-0.15, -0.1) is 0 Å². The first-order valence-electron chi connectivity index (χ1n) is 4.75. The van der Waals surface area contributed by atoms with Crippen LogP contribution in [-0.4, -0.2) is 13.2 Å². The fourth-order valence-electron chi connectivity index (χ4n) is 1.44. The summed E-state index contributed by atoms with van der Waals surface area (Å²) < 4.78 is 5.23. The SMILES string of the molecule is CCCC[CH]C1(CC)COC1. The monoisotopic (exact) mass is 155 g/mol. The molecule has 1 aliphatic rings. The van der Waals surface area contributed by atoms with E-state index in [1.807, 2.05) is 0 Å². The summed E-state index contributed by atoms with van der Waals surface area (Å²) >= 11 is 0. The zero-order chi connectivity index (χ0) is 8.16. The summed E-state index contributed by atoms with van der Waals surface area (Å²) in [4.78, 5) is 0. The molecule has 1 nitrogen and oxygen atoms in total. The van der Waals surface area contributed by atoms with Crippen LogP contribution in [0.3, 0.4) is 0 Å². The van der Waals surface area contributed by atoms with Gasteiger partial charge in [-0.05, 0) is 19.3 Å². The molecular formula is C10H19O. The minimum Gasteiger partial charge on any atom is -0.380 e. The Morgan fingerprint density at radius 2 is 2.09 bits per heavy atom. The first-order chi connectivity index (χ1) is 5.33. The van der Waals surface area contributed by atoms with Gasteiger partial charge in [0.2, 0.25) is 0 Å². The predicted molar refractivity (Wildman–Crippen MR) is 47.4 cm³/mol. The molecule has 0 aromatic heterocycles. The summed E-state index contributed by atoms with van der Waals surface area (Å²) in [6, 6.07) is 0. The van der Waals surface area contributed by atoms with Crippen molar-refractivity contribution >= 4 is 0 Å². The molecule has 1 saturated heterocycles. The van der Waals surface area contributed by atoms with Crippen molar-refractivity contribution in [2.45, 2.75) is 39.5 Å². The third-order valence-electron chi connectivity index (χ3n) is 2.62. The lowest BCUT2D eigenvalue weighted by Gasteiger charge is -2.40. The van der Waals surface area contributed by atoms with Crippen molar-refractivity contribution < 1.29 is 4.74 Å². The van der Waals surface area contributed by atoms with Crippen molar-refractivity contribution in [2.75, 3.05) is 13.2 Å². The van der Waals surface area contributed by atoms with E-state index in [1.54, 1.807) is 0 Å². The Morgan fingerprint density at radius 1 is 1.36 bits per heavy atom. The smallest absolute Gasteiger partial charge is 0.0547 e. The van der Waals surface area contributed by atoms with Crippen LogP contribution >= 0.6 is 0 Å². The van der Waals surface area contributed by atoms with Crippen LogP contribution in [0.2, 0.25) is 0 Å². The molecule has 0 aliphatic carbocycles. The van der Waals surface area contributed by atoms with Gasteiger partial charge in [-0.25, -0.2) is 0 Å². The Balaban J connectivity index is 2.11. The summed E-state index contributed by atoms with van der Waals surface area (Å²) in [7, 11) is 0. The number of rotatable bonds is 5. The van der Waals surface area contributed by atoms with Crippen molar-refractivity contribution in [1.29, 1.82) is 0 Å². The molecule has 11 heavy (non-hydrogen) atoms. The van der Waals surface area contributed by atoms with E-state index in [-0.39, 0.29) is 0 Å². The van der Waals surface area contributed by atoms with Crippen molar-refractivity contribution in [3.05, 3.63) is 6.42 Å². The average Bonchev–Trinajstić information content (AvgIpc) is 1.95. The highest BCUT2D eigenvalue weighted by molar-refractivity contribution is 4.96. The van der Waals surface area contributed by atoms with E-state index in [0.29, 0.717) is 5.41 Å². The second kappa shape index (κ2) is 4.10. The minimum atomic E-state index is 0.467. The average molecular weight is 155 g/mol. The van der Waals surface area contributed by atoms with Gasteiger partial charge >= 0.3 is 0 Å². The molecule has 1 rings (SSSR count). The molecule has 0 saturated carbocycles. The van der Waals surface area contributed by atoms with Crippen molar-refractivity contribution in [2.24, 2.45) is 5.41 Å². The lowest BCUT2D eigenvalue weighted by molar-refractivity contribution is -0.0953. The maximum absolute atomic E-state index is 5.23. The fraction of sp³-hybridized carbons (Fsp3) is 0.900. The van der Waals surface area contributed by atoms with E-state index in [9.17, 15) is 0 Å². The van der Waals surface area contributed by atoms with E-state index in [1.165, 1.54) is 25.7 Å². The van der Waals surface area contributed by atoms with Crippen molar-refractivity contribution in [3.63, 3.8) is 0 Å². The number of unbranched alkanes of at least 4 members (excludes halogenated alkanes) is 2. The van der Waals surface area contributed by atoms with E-state index in [4.69, 9.17) is 4.74 Å². The molecule has 1 fully saturated rings. The van der Waals surface area contributed by atoms with E-state index in [2.05, 4.69) is 20.3 Å². The molecule has 0 bridgehead atoms. The molecule has 0 spiro atoms. The van der Waals surface area contributed by atoms with Gasteiger partial charge in [0, 0.05) is 5.41 Å². The van der Waals surface area contributed by atoms with E-state index in [0.717, 1.165) is 13.2 Å². The number of hydrogen-bond acceptors (Lipinski definition) is 1. The molecule has 0 atom stereocenters. The van der Waals surface area contributed by atoms with E-state index >= 15 is 0 Å². The Labute approximate surface area is 70.1 Å². The predicted octanol–water partition coefficient (Wildman–Crippen LogP) is 2.81. The number of ether oxygens (including phenoxy) is 1. The van der Waals surface area contributed by atoms with Gasteiger partial charge < -0.3 is 4.74 Å². The lowest BCUT2D eigenvalue weighted by atomic mass is 9.78. The summed E-state index contributed by atoms with van der Waals surface area (Å²) in [5.41, 5.74) is 0.467. The van der Waals surface area contributed by atoms with Gasteiger partial charge in [-0.3, -0.25) is 0 Å². The van der Waals surface area contributed by atoms with Gasteiger partial charge in [0.05, 0.1) is 13.2 Å². The summed E-state index contributed by atoms with van der Waals surface area (Å²) in [6.45, 7) is 6.43. The third kappa shape index (κ3) is 2.19. The van der Waals surface area contributed by atoms with Crippen molar-refractivity contribution in [1.82, 2.24) is 0 Å². The zero-order valence-corrected chi connectivity index (χ0v) is 7.73. The first kappa shape index (κ1) is 9.05. The summed E-state index contributed by atoms with van der Waals surface area (Å²) in [5.74, 6) is 0. The topological polar surface area (TPSA) is 9.23 Å². The third-order valence-corrected chi connectivity index (χ3v) is 2.62. The van der Waals surface area contributed by atoms with Crippen LogP contribution in [0.1, 0.15) is 39.5 Å². The summed E-state index contributed by atoms with van der Waals surface area (Å²) in [6.07, 6.45) is 7.63. The number of hydrogen-bond donors (Lipinski definition) is 0. The van der Waals surface area contributed by atoms with Crippen LogP contribution in [0.15, 0.2) is 0 Å². The first-order valence-corrected chi connectivity index (χ1v) is 4.75. The molecule has 1 heteroatoms. The molecule has 0 unspecified atom stereocenters. The van der Waals surface area contributed by atoms with Crippen LogP contribution in [-0.2, 0) is 4.74 Å². The lowest BCUT2D eigenvalue weighted by Crippen LogP contribution is -2.42. The fourth-order valence-corrected chi connectivity index (χ4v) is 1.44. The molecule has 0 N–H and O–H groups in total. The van der Waals surface area contributed by atoms with E-state index < -0.39 is 0 Å². The highest BCUT2D eigenvalue weighted by atomic mass is 16.5. The minimum absolute atomic E-state index is 0.467. The molecule has 1 radical (unpaired) electrons. The molecule has 0 aromatic carbocycles. The van der Waals surface area contributed by atoms with Crippen LogP contribution < -0.4 is 0 Å². The molecule has 1 heterocycles. The van der Waals surface area contributed by atoms with Gasteiger partial charge in [0.15, 0.2) is 0 Å². The summed E-state index contributed by atoms with van der Waals surface area (Å²) in [5, 5.41) is 0. The van der Waals surface area contributed by atoms with Gasteiger partial charge in [0.1, 0.15) is 0 Å². The Kier molecular flexibility index (Phi) is 3.38. The van der Waals surface area contributed by atoms with Crippen LogP contribution in [0.25, 0.3) is 0 Å². The Morgan fingerprint density at radius 3 is 2.45 bits per heavy atom. The normalized spacial score (nSPS) is 21.3. The zero-order valence-electron chi connectivity index (χ0n) is 7.73. The maximum atomic E-state index is 5.23. The molecule has 1 aliphatic heterocycles. The second-order valence-electron chi connectivity index (χ2n) is 3.56. The highest BCUT2D eigenvalue weighted by Crippen LogP contribution is 2.35. The van der Waals surface area contributed by atoms with Gasteiger partial charge in [0.25, 0.3) is 0 Å². The molecule has 0 amide bonds. The largest absolute Gasteiger partial charge is 0.380 e. The van der Waals surface area contributed by atoms with Crippen LogP contribution in [0, 0.1) is 11.8 Å². The van der Waals surface area contributed by atoms with Gasteiger partial charge in [-0.2, -0.15) is 0 Å². The maximum Gasteiger partial charge on any atom is 0.0547 e. The highest BCUT2D eigenvalue weighted by Gasteiger charge is 2.35. The standard InChI is InChI=1S/C10H19O/c1-3-5-6-7-10(4-2)8-11-9-10/h7H,3-6,8-9H2,1-2H3. The Bertz CT molecular complexity index is 99.9.